The number of anilines is 1. The van der Waals surface area contributed by atoms with Crippen molar-refractivity contribution in [3.63, 3.8) is 0 Å². The van der Waals surface area contributed by atoms with Crippen LogP contribution in [0.3, 0.4) is 0 Å². The second-order valence-electron chi connectivity index (χ2n) is 10.3. The first-order chi connectivity index (χ1) is 13.6. The van der Waals surface area contributed by atoms with E-state index < -0.39 is 0 Å². The van der Waals surface area contributed by atoms with Gasteiger partial charge >= 0.3 is 0 Å². The summed E-state index contributed by atoms with van der Waals surface area (Å²) < 4.78 is 0. The first kappa shape index (κ1) is 23.4. The van der Waals surface area contributed by atoms with Gasteiger partial charge in [-0.3, -0.25) is 0 Å². The Morgan fingerprint density at radius 2 is 1.50 bits per heavy atom. The average molecular weight is 447 g/mol. The Balaban J connectivity index is 0.00000128. The topological polar surface area (TPSA) is 15.3 Å². The van der Waals surface area contributed by atoms with Crippen molar-refractivity contribution in [3.8, 4) is 0 Å². The Bertz CT molecular complexity index is 805. The zero-order valence-electron chi connectivity index (χ0n) is 18.3. The molecule has 2 aromatic carbocycles. The number of halogens is 2. The second-order valence-corrected chi connectivity index (χ2v) is 10.3. The predicted octanol–water partition coefficient (Wildman–Crippen LogP) is 6.22. The molecule has 30 heavy (non-hydrogen) atoms. The minimum absolute atomic E-state index is 0. The van der Waals surface area contributed by atoms with Gasteiger partial charge in [0.05, 0.1) is 0 Å². The third kappa shape index (κ3) is 4.38. The van der Waals surface area contributed by atoms with E-state index in [4.69, 9.17) is 0 Å². The Kier molecular flexibility index (Phi) is 7.11. The summed E-state index contributed by atoms with van der Waals surface area (Å²) in [4.78, 5) is 2.16. The number of hydrogen-bond donors (Lipinski definition) is 1. The van der Waals surface area contributed by atoms with Crippen LogP contribution in [0.5, 0.6) is 0 Å². The summed E-state index contributed by atoms with van der Waals surface area (Å²) in [6.45, 7) is 2.17. The molecule has 0 aliphatic heterocycles. The molecule has 4 aliphatic carbocycles. The summed E-state index contributed by atoms with van der Waals surface area (Å²) >= 11 is 0. The number of benzene rings is 2. The van der Waals surface area contributed by atoms with Crippen LogP contribution >= 0.6 is 24.8 Å². The van der Waals surface area contributed by atoms with Crippen molar-refractivity contribution in [2.24, 2.45) is 17.3 Å². The third-order valence-electron chi connectivity index (χ3n) is 7.85. The van der Waals surface area contributed by atoms with E-state index in [0.29, 0.717) is 10.8 Å². The van der Waals surface area contributed by atoms with E-state index in [1.807, 2.05) is 0 Å². The molecule has 4 fully saturated rings. The fourth-order valence-electron chi connectivity index (χ4n) is 7.17. The normalized spacial score (nSPS) is 31.0. The van der Waals surface area contributed by atoms with Crippen LogP contribution in [0.1, 0.15) is 49.7 Å². The molecular weight excluding hydrogens is 411 g/mol. The van der Waals surface area contributed by atoms with Gasteiger partial charge < -0.3 is 10.2 Å². The molecule has 4 heteroatoms. The molecule has 4 saturated carbocycles. The highest BCUT2D eigenvalue weighted by Crippen LogP contribution is 2.65. The Labute approximate surface area is 194 Å². The molecule has 2 unspecified atom stereocenters. The van der Waals surface area contributed by atoms with Crippen molar-refractivity contribution < 1.29 is 0 Å². The van der Waals surface area contributed by atoms with Gasteiger partial charge in [-0.25, -0.2) is 0 Å². The Morgan fingerprint density at radius 1 is 0.867 bits per heavy atom. The van der Waals surface area contributed by atoms with Crippen molar-refractivity contribution in [1.29, 1.82) is 0 Å². The minimum atomic E-state index is 0. The number of rotatable bonds is 6. The molecule has 0 saturated heterocycles. The maximum Gasteiger partial charge on any atom is 0.0361 e. The van der Waals surface area contributed by atoms with Crippen molar-refractivity contribution in [2.75, 3.05) is 25.5 Å². The molecular formula is C26H36Cl2N2. The maximum atomic E-state index is 3.86. The highest BCUT2D eigenvalue weighted by atomic mass is 35.5. The summed E-state index contributed by atoms with van der Waals surface area (Å²) in [7, 11) is 4.20. The molecule has 2 nitrogen and oxygen atoms in total. The van der Waals surface area contributed by atoms with Gasteiger partial charge in [0.25, 0.3) is 0 Å². The number of nitrogens with one attached hydrogen (secondary N) is 1. The fourth-order valence-corrected chi connectivity index (χ4v) is 7.17. The Hall–Kier alpha value is -1.22. The molecule has 4 bridgehead atoms. The minimum Gasteiger partial charge on any atom is -0.378 e. The fraction of sp³-hybridized carbons (Fsp3) is 0.538. The largest absolute Gasteiger partial charge is 0.378 e. The lowest BCUT2D eigenvalue weighted by atomic mass is 9.43. The lowest BCUT2D eigenvalue weighted by Gasteiger charge is -2.62. The van der Waals surface area contributed by atoms with Crippen LogP contribution in [0.15, 0.2) is 54.6 Å². The van der Waals surface area contributed by atoms with Crippen LogP contribution in [-0.4, -0.2) is 20.6 Å². The molecule has 0 radical (unpaired) electrons. The van der Waals surface area contributed by atoms with Crippen LogP contribution in [0.4, 0.5) is 5.69 Å². The van der Waals surface area contributed by atoms with Gasteiger partial charge in [0, 0.05) is 32.9 Å². The van der Waals surface area contributed by atoms with Gasteiger partial charge in [-0.15, -0.1) is 24.8 Å². The molecule has 0 spiro atoms. The van der Waals surface area contributed by atoms with E-state index in [0.717, 1.165) is 18.4 Å². The van der Waals surface area contributed by atoms with E-state index in [2.05, 4.69) is 78.9 Å². The van der Waals surface area contributed by atoms with Crippen molar-refractivity contribution in [3.05, 3.63) is 65.7 Å². The summed E-state index contributed by atoms with van der Waals surface area (Å²) in [5, 5.41) is 3.86. The second kappa shape index (κ2) is 9.10. The molecule has 0 amide bonds. The predicted molar refractivity (Wildman–Crippen MR) is 132 cm³/mol. The van der Waals surface area contributed by atoms with E-state index in [1.54, 1.807) is 5.56 Å². The SMILES string of the molecule is CN(C)c1ccc(CNCC23CC4CC(C2)CC(c2ccccc2)(C4)C3)cc1.Cl.Cl. The lowest BCUT2D eigenvalue weighted by Crippen LogP contribution is -2.56. The molecule has 4 aliphatic rings. The van der Waals surface area contributed by atoms with E-state index in [1.165, 1.54) is 56.3 Å². The molecule has 0 aromatic heterocycles. The molecule has 2 atom stereocenters. The van der Waals surface area contributed by atoms with Gasteiger partial charge in [0.2, 0.25) is 0 Å². The van der Waals surface area contributed by atoms with E-state index in [-0.39, 0.29) is 24.8 Å². The Morgan fingerprint density at radius 3 is 2.10 bits per heavy atom. The first-order valence-corrected chi connectivity index (χ1v) is 11.1. The number of hydrogen-bond acceptors (Lipinski definition) is 2. The van der Waals surface area contributed by atoms with Gasteiger partial charge in [0.15, 0.2) is 0 Å². The smallest absolute Gasteiger partial charge is 0.0361 e. The van der Waals surface area contributed by atoms with Gasteiger partial charge in [-0.2, -0.15) is 0 Å². The van der Waals surface area contributed by atoms with E-state index >= 15 is 0 Å². The molecule has 164 valence electrons. The monoisotopic (exact) mass is 446 g/mol. The molecule has 0 heterocycles. The summed E-state index contributed by atoms with van der Waals surface area (Å²) in [6.07, 6.45) is 8.64. The zero-order chi connectivity index (χ0) is 19.2. The number of nitrogens with zero attached hydrogens (tertiary/aromatic N) is 1. The van der Waals surface area contributed by atoms with Gasteiger partial charge in [-0.1, -0.05) is 42.5 Å². The van der Waals surface area contributed by atoms with Crippen molar-refractivity contribution in [2.45, 2.75) is 50.5 Å². The highest BCUT2D eigenvalue weighted by molar-refractivity contribution is 5.85. The standard InChI is InChI=1S/C26H34N2.2ClH/c1-28(2)24-10-8-20(9-11-24)17-27-19-25-13-21-12-22(14-25)16-26(15-21,18-25)23-6-4-3-5-7-23;;/h3-11,21-22,27H,12-19H2,1-2H3;2*1H. The van der Waals surface area contributed by atoms with Crippen molar-refractivity contribution in [1.82, 2.24) is 5.32 Å². The average Bonchev–Trinajstić information content (AvgIpc) is 2.68. The quantitative estimate of drug-likeness (QED) is 0.565. The molecule has 2 aromatic rings. The van der Waals surface area contributed by atoms with Gasteiger partial charge in [0.1, 0.15) is 0 Å². The zero-order valence-corrected chi connectivity index (χ0v) is 19.9. The van der Waals surface area contributed by atoms with Crippen LogP contribution < -0.4 is 10.2 Å². The maximum absolute atomic E-state index is 3.86. The first-order valence-electron chi connectivity index (χ1n) is 11.1. The van der Waals surface area contributed by atoms with Gasteiger partial charge in [-0.05, 0) is 84.5 Å². The summed E-state index contributed by atoms with van der Waals surface area (Å²) in [5.41, 5.74) is 5.26. The van der Waals surface area contributed by atoms with Crippen LogP contribution in [0, 0.1) is 17.3 Å². The highest BCUT2D eigenvalue weighted by Gasteiger charge is 2.57. The summed E-state index contributed by atoms with van der Waals surface area (Å²) in [6, 6.07) is 20.5. The van der Waals surface area contributed by atoms with Crippen LogP contribution in [-0.2, 0) is 12.0 Å². The van der Waals surface area contributed by atoms with Crippen LogP contribution in [0.2, 0.25) is 0 Å². The molecule has 1 N–H and O–H groups in total. The van der Waals surface area contributed by atoms with Crippen molar-refractivity contribution >= 4 is 30.5 Å². The lowest BCUT2D eigenvalue weighted by molar-refractivity contribution is -0.0708. The van der Waals surface area contributed by atoms with Crippen LogP contribution in [0.25, 0.3) is 0 Å². The molecule has 6 rings (SSSR count). The van der Waals surface area contributed by atoms with E-state index in [9.17, 15) is 0 Å². The third-order valence-corrected chi connectivity index (χ3v) is 7.85. The summed E-state index contributed by atoms with van der Waals surface area (Å²) in [5.74, 6) is 1.89.